The third kappa shape index (κ3) is 3.49. The van der Waals surface area contributed by atoms with E-state index in [0.29, 0.717) is 0 Å². The van der Waals surface area contributed by atoms with Crippen LogP contribution in [0.4, 0.5) is 0 Å². The van der Waals surface area contributed by atoms with Gasteiger partial charge in [-0.05, 0) is 69.4 Å². The monoisotopic (exact) mass is 551 g/mol. The largest absolute Gasteiger partial charge is 0.309 e. The van der Waals surface area contributed by atoms with E-state index in [-0.39, 0.29) is 0 Å². The van der Waals surface area contributed by atoms with Crippen molar-refractivity contribution >= 4 is 64.1 Å². The molecule has 42 heavy (non-hydrogen) atoms. The predicted molar refractivity (Wildman–Crippen MR) is 182 cm³/mol. The molecule has 7 aromatic carbocycles. The van der Waals surface area contributed by atoms with Crippen molar-refractivity contribution in [2.75, 3.05) is 0 Å². The highest BCUT2D eigenvalue weighted by Gasteiger charge is 2.21. The summed E-state index contributed by atoms with van der Waals surface area (Å²) in [5.74, 6) is 0. The Morgan fingerprint density at radius 1 is 0.429 bits per heavy atom. The average Bonchev–Trinajstić information content (AvgIpc) is 3.60. The quantitative estimate of drug-likeness (QED) is 0.206. The van der Waals surface area contributed by atoms with Crippen molar-refractivity contribution in [1.29, 1.82) is 0 Å². The lowest BCUT2D eigenvalue weighted by Gasteiger charge is -2.12. The van der Waals surface area contributed by atoms with Crippen molar-refractivity contribution < 1.29 is 0 Å². The maximum Gasteiger partial charge on any atom is 0.0561 e. The highest BCUT2D eigenvalue weighted by molar-refractivity contribution is 7.27. The Balaban J connectivity index is 1.47. The number of thiophene rings is 1. The van der Waals surface area contributed by atoms with E-state index in [1.807, 2.05) is 11.3 Å². The number of fused-ring (bicyclic) bond motifs is 8. The SMILES string of the molecule is c1ccc(-c2ccc3c4c5sc6ccccc6c5c(-c5ccc6ccccc6c5)cc4n(-c4ccccc4)c3c2)cc1. The van der Waals surface area contributed by atoms with Gasteiger partial charge >= 0.3 is 0 Å². The Kier molecular flexibility index (Phi) is 5.13. The summed E-state index contributed by atoms with van der Waals surface area (Å²) < 4.78 is 5.14. The molecule has 0 aliphatic heterocycles. The molecular formula is C40H25NS. The second kappa shape index (κ2) is 9.17. The summed E-state index contributed by atoms with van der Waals surface area (Å²) in [6, 6.07) is 55.3. The molecule has 0 spiro atoms. The molecule has 2 aromatic heterocycles. The fourth-order valence-corrected chi connectivity index (χ4v) is 7.92. The van der Waals surface area contributed by atoms with E-state index in [0.717, 1.165) is 0 Å². The molecule has 2 heteroatoms. The molecule has 0 saturated heterocycles. The van der Waals surface area contributed by atoms with Crippen LogP contribution in [-0.2, 0) is 0 Å². The van der Waals surface area contributed by atoms with Gasteiger partial charge < -0.3 is 4.57 Å². The number of hydrogen-bond acceptors (Lipinski definition) is 1. The van der Waals surface area contributed by atoms with E-state index in [4.69, 9.17) is 0 Å². The summed E-state index contributed by atoms with van der Waals surface area (Å²) in [4.78, 5) is 0. The maximum atomic E-state index is 2.46. The zero-order chi connectivity index (χ0) is 27.6. The summed E-state index contributed by atoms with van der Waals surface area (Å²) in [6.07, 6.45) is 0. The van der Waals surface area contributed by atoms with Crippen molar-refractivity contribution in [2.24, 2.45) is 0 Å². The topological polar surface area (TPSA) is 4.93 Å². The molecule has 196 valence electrons. The van der Waals surface area contributed by atoms with E-state index in [1.54, 1.807) is 0 Å². The van der Waals surface area contributed by atoms with Gasteiger partial charge in [0.05, 0.1) is 11.0 Å². The van der Waals surface area contributed by atoms with Crippen LogP contribution < -0.4 is 0 Å². The molecule has 0 N–H and O–H groups in total. The zero-order valence-corrected chi connectivity index (χ0v) is 23.6. The van der Waals surface area contributed by atoms with E-state index in [2.05, 4.69) is 156 Å². The van der Waals surface area contributed by atoms with Gasteiger partial charge in [0, 0.05) is 36.6 Å². The van der Waals surface area contributed by atoms with E-state index in [1.165, 1.54) is 80.7 Å². The van der Waals surface area contributed by atoms with Crippen LogP contribution in [0.5, 0.6) is 0 Å². The lowest BCUT2D eigenvalue weighted by Crippen LogP contribution is -1.94. The molecule has 9 rings (SSSR count). The van der Waals surface area contributed by atoms with Crippen molar-refractivity contribution in [3.05, 3.63) is 152 Å². The number of nitrogens with zero attached hydrogens (tertiary/aromatic N) is 1. The normalized spacial score (nSPS) is 11.8. The van der Waals surface area contributed by atoms with Crippen LogP contribution in [0.25, 0.3) is 80.7 Å². The Labute approximate surface area is 247 Å². The van der Waals surface area contributed by atoms with Gasteiger partial charge in [0.25, 0.3) is 0 Å². The van der Waals surface area contributed by atoms with E-state index >= 15 is 0 Å². The third-order valence-electron chi connectivity index (χ3n) is 8.56. The minimum Gasteiger partial charge on any atom is -0.309 e. The molecule has 2 heterocycles. The van der Waals surface area contributed by atoms with Crippen LogP contribution in [0.15, 0.2) is 152 Å². The van der Waals surface area contributed by atoms with Gasteiger partial charge in [-0.15, -0.1) is 11.3 Å². The zero-order valence-electron chi connectivity index (χ0n) is 22.8. The van der Waals surface area contributed by atoms with E-state index < -0.39 is 0 Å². The van der Waals surface area contributed by atoms with Crippen LogP contribution in [0.1, 0.15) is 0 Å². The standard InChI is InChI=1S/C40H25NS/c1-3-11-26(12-4-1)29-21-22-32-35(24-29)41(31-15-5-2-6-16-31)36-25-34(30-20-19-27-13-7-8-14-28(27)23-30)38-33-17-9-10-18-37(33)42-40(38)39(32)36/h1-25H. The van der Waals surface area contributed by atoms with Crippen LogP contribution in [0.2, 0.25) is 0 Å². The summed E-state index contributed by atoms with van der Waals surface area (Å²) in [5.41, 5.74) is 8.63. The molecule has 0 aliphatic rings. The first-order valence-electron chi connectivity index (χ1n) is 14.4. The molecular weight excluding hydrogens is 527 g/mol. The van der Waals surface area contributed by atoms with Gasteiger partial charge in [-0.1, -0.05) is 115 Å². The van der Waals surface area contributed by atoms with Crippen LogP contribution in [0.3, 0.4) is 0 Å². The molecule has 1 nitrogen and oxygen atoms in total. The Bertz CT molecular complexity index is 2450. The first-order valence-corrected chi connectivity index (χ1v) is 15.2. The molecule has 0 unspecified atom stereocenters. The minimum atomic E-state index is 1.17. The molecule has 9 aromatic rings. The smallest absolute Gasteiger partial charge is 0.0561 e. The molecule has 0 fully saturated rings. The fourth-order valence-electron chi connectivity index (χ4n) is 6.63. The van der Waals surface area contributed by atoms with Crippen molar-refractivity contribution in [2.45, 2.75) is 0 Å². The molecule has 0 saturated carbocycles. The minimum absolute atomic E-state index is 1.17. The number of hydrogen-bond donors (Lipinski definition) is 0. The van der Waals surface area contributed by atoms with Crippen LogP contribution in [0, 0.1) is 0 Å². The van der Waals surface area contributed by atoms with Gasteiger partial charge in [0.15, 0.2) is 0 Å². The second-order valence-corrected chi connectivity index (χ2v) is 12.0. The Morgan fingerprint density at radius 2 is 1.14 bits per heavy atom. The van der Waals surface area contributed by atoms with Gasteiger partial charge in [-0.2, -0.15) is 0 Å². The molecule has 0 bridgehead atoms. The van der Waals surface area contributed by atoms with E-state index in [9.17, 15) is 0 Å². The fraction of sp³-hybridized carbons (Fsp3) is 0. The Morgan fingerprint density at radius 3 is 2.00 bits per heavy atom. The average molecular weight is 552 g/mol. The first-order chi connectivity index (χ1) is 20.8. The van der Waals surface area contributed by atoms with Gasteiger partial charge in [-0.3, -0.25) is 0 Å². The Hall–Kier alpha value is -5.18. The molecule has 0 amide bonds. The highest BCUT2D eigenvalue weighted by atomic mass is 32.1. The van der Waals surface area contributed by atoms with Crippen molar-refractivity contribution in [3.63, 3.8) is 0 Å². The van der Waals surface area contributed by atoms with Crippen molar-refractivity contribution in [1.82, 2.24) is 4.57 Å². The second-order valence-electron chi connectivity index (χ2n) is 11.0. The predicted octanol–water partition coefficient (Wildman–Crippen LogP) is 11.6. The first kappa shape index (κ1) is 23.5. The lowest BCUT2D eigenvalue weighted by atomic mass is 9.95. The highest BCUT2D eigenvalue weighted by Crippen LogP contribution is 2.48. The lowest BCUT2D eigenvalue weighted by molar-refractivity contribution is 1.18. The number of aromatic nitrogens is 1. The van der Waals surface area contributed by atoms with Crippen LogP contribution in [-0.4, -0.2) is 4.57 Å². The summed E-state index contributed by atoms with van der Waals surface area (Å²) >= 11 is 1.91. The molecule has 0 atom stereocenters. The number of rotatable bonds is 3. The summed E-state index contributed by atoms with van der Waals surface area (Å²) in [6.45, 7) is 0. The molecule has 0 radical (unpaired) electrons. The summed E-state index contributed by atoms with van der Waals surface area (Å²) in [7, 11) is 0. The van der Waals surface area contributed by atoms with Gasteiger partial charge in [-0.25, -0.2) is 0 Å². The third-order valence-corrected chi connectivity index (χ3v) is 9.75. The van der Waals surface area contributed by atoms with Gasteiger partial charge in [0.2, 0.25) is 0 Å². The molecule has 0 aliphatic carbocycles. The van der Waals surface area contributed by atoms with Crippen molar-refractivity contribution in [3.8, 4) is 27.9 Å². The number of benzene rings is 7. The summed E-state index contributed by atoms with van der Waals surface area (Å²) in [5, 5.41) is 7.81. The maximum absolute atomic E-state index is 2.46. The van der Waals surface area contributed by atoms with Crippen LogP contribution >= 0.6 is 11.3 Å². The van der Waals surface area contributed by atoms with Gasteiger partial charge in [0.1, 0.15) is 0 Å². The number of para-hydroxylation sites is 1.